The maximum absolute atomic E-state index is 6.44. The molecule has 0 aliphatic rings. The van der Waals surface area contributed by atoms with Gasteiger partial charge in [0.05, 0.1) is 16.9 Å². The van der Waals surface area contributed by atoms with Crippen LogP contribution >= 0.6 is 0 Å². The second-order valence-electron chi connectivity index (χ2n) is 12.6. The summed E-state index contributed by atoms with van der Waals surface area (Å²) >= 11 is 0. The number of allylic oxidation sites excluding steroid dienone is 5. The fourth-order valence-corrected chi connectivity index (χ4v) is 7.42. The summed E-state index contributed by atoms with van der Waals surface area (Å²) in [4.78, 5) is 10.6. The van der Waals surface area contributed by atoms with Crippen LogP contribution in [0, 0.1) is 0 Å². The van der Waals surface area contributed by atoms with Crippen LogP contribution in [0.1, 0.15) is 18.2 Å². The molecule has 0 atom stereocenters. The van der Waals surface area contributed by atoms with Gasteiger partial charge in [-0.25, -0.2) is 9.97 Å². The molecule has 0 unspecified atom stereocenters. The Labute approximate surface area is 300 Å². The molecule has 0 fully saturated rings. The molecule has 0 spiro atoms. The van der Waals surface area contributed by atoms with Crippen LogP contribution in [-0.2, 0) is 0 Å². The number of para-hydroxylation sites is 1. The monoisotopic (exact) mass is 671 g/mol. The summed E-state index contributed by atoms with van der Waals surface area (Å²) in [6.07, 6.45) is 11.7. The topological polar surface area (TPSA) is 57.0 Å². The number of fused-ring (bicyclic) bond motifs is 7. The fraction of sp³-hybridized carbons (Fsp3) is 0.0213. The molecule has 5 aromatic carbocycles. The van der Waals surface area contributed by atoms with Crippen molar-refractivity contribution in [2.24, 2.45) is 0 Å². The average molecular weight is 672 g/mol. The third-order valence-electron chi connectivity index (χ3n) is 9.67. The van der Waals surface area contributed by atoms with E-state index in [2.05, 4.69) is 85.0 Å². The van der Waals surface area contributed by atoms with Crippen molar-refractivity contribution in [3.05, 3.63) is 164 Å². The number of aromatic nitrogens is 3. The third-order valence-corrected chi connectivity index (χ3v) is 9.67. The molecule has 9 aromatic rings. The van der Waals surface area contributed by atoms with Crippen molar-refractivity contribution in [2.45, 2.75) is 6.92 Å². The van der Waals surface area contributed by atoms with Crippen LogP contribution in [0.2, 0.25) is 0 Å². The minimum Gasteiger partial charge on any atom is -0.456 e. The quantitative estimate of drug-likeness (QED) is 0.151. The molecule has 4 aromatic heterocycles. The Morgan fingerprint density at radius 1 is 0.654 bits per heavy atom. The standard InChI is InChI=1S/C47H33N3O2/c1-5-15-32(16-6-2)50-38(8-4)33(7-3)36-27-30(23-25-39(36)50)31-24-26-41-37(28-31)46-47(52-41)49-45(44(48-46)29-17-10-9-11-18-29)35-20-14-22-42-43(35)34-19-12-13-21-40(34)51-42/h5-28H,1,3-4H2,2H3/b16-6-,32-15+. The van der Waals surface area contributed by atoms with E-state index in [1.807, 2.05) is 85.8 Å². The van der Waals surface area contributed by atoms with Gasteiger partial charge in [-0.05, 0) is 72.7 Å². The molecular weight excluding hydrogens is 639 g/mol. The highest BCUT2D eigenvalue weighted by atomic mass is 16.3. The van der Waals surface area contributed by atoms with Crippen LogP contribution < -0.4 is 0 Å². The van der Waals surface area contributed by atoms with Crippen molar-refractivity contribution in [1.82, 2.24) is 14.5 Å². The summed E-state index contributed by atoms with van der Waals surface area (Å²) < 4.78 is 14.9. The summed E-state index contributed by atoms with van der Waals surface area (Å²) in [6.45, 7) is 14.3. The first-order valence-electron chi connectivity index (χ1n) is 17.2. The van der Waals surface area contributed by atoms with Gasteiger partial charge in [-0.3, -0.25) is 0 Å². The van der Waals surface area contributed by atoms with Gasteiger partial charge in [-0.15, -0.1) is 0 Å². The highest BCUT2D eigenvalue weighted by Gasteiger charge is 2.22. The Morgan fingerprint density at radius 2 is 1.40 bits per heavy atom. The van der Waals surface area contributed by atoms with E-state index in [0.717, 1.165) is 94.4 Å². The van der Waals surface area contributed by atoms with E-state index in [1.165, 1.54) is 0 Å². The first-order valence-corrected chi connectivity index (χ1v) is 17.2. The summed E-state index contributed by atoms with van der Waals surface area (Å²) in [7, 11) is 0. The maximum Gasteiger partial charge on any atom is 0.246 e. The Hall–Kier alpha value is -6.98. The number of furan rings is 2. The van der Waals surface area contributed by atoms with Crippen LogP contribution in [0.25, 0.3) is 107 Å². The molecular formula is C47H33N3O2. The summed E-state index contributed by atoms with van der Waals surface area (Å²) in [6, 6.07) is 37.2. The van der Waals surface area contributed by atoms with E-state index in [1.54, 1.807) is 6.08 Å². The van der Waals surface area contributed by atoms with Crippen LogP contribution in [0.5, 0.6) is 0 Å². The van der Waals surface area contributed by atoms with E-state index in [0.29, 0.717) is 11.2 Å². The highest BCUT2D eigenvalue weighted by Crippen LogP contribution is 2.42. The zero-order chi connectivity index (χ0) is 35.3. The molecule has 0 saturated heterocycles. The van der Waals surface area contributed by atoms with Crippen molar-refractivity contribution < 1.29 is 8.83 Å². The van der Waals surface area contributed by atoms with Crippen molar-refractivity contribution >= 4 is 72.9 Å². The van der Waals surface area contributed by atoms with E-state index in [-0.39, 0.29) is 0 Å². The predicted molar refractivity (Wildman–Crippen MR) is 218 cm³/mol. The second kappa shape index (κ2) is 12.4. The first kappa shape index (κ1) is 31.0. The number of hydrogen-bond donors (Lipinski definition) is 0. The molecule has 0 aliphatic carbocycles. The molecule has 5 nitrogen and oxygen atoms in total. The number of rotatable bonds is 8. The molecule has 0 aliphatic heterocycles. The van der Waals surface area contributed by atoms with Crippen molar-refractivity contribution in [3.63, 3.8) is 0 Å². The molecule has 0 N–H and O–H groups in total. The van der Waals surface area contributed by atoms with Gasteiger partial charge in [0.25, 0.3) is 0 Å². The molecule has 0 saturated carbocycles. The lowest BCUT2D eigenvalue weighted by Crippen LogP contribution is -1.97. The smallest absolute Gasteiger partial charge is 0.246 e. The molecule has 4 heterocycles. The number of hydrogen-bond acceptors (Lipinski definition) is 4. The van der Waals surface area contributed by atoms with Crippen molar-refractivity contribution in [2.75, 3.05) is 0 Å². The van der Waals surface area contributed by atoms with Crippen LogP contribution in [-0.4, -0.2) is 14.5 Å². The lowest BCUT2D eigenvalue weighted by Gasteiger charge is -2.10. The van der Waals surface area contributed by atoms with Crippen LogP contribution in [0.4, 0.5) is 0 Å². The van der Waals surface area contributed by atoms with Crippen LogP contribution in [0.15, 0.2) is 162 Å². The molecule has 248 valence electrons. The highest BCUT2D eigenvalue weighted by molar-refractivity contribution is 6.14. The minimum absolute atomic E-state index is 0.481. The van der Waals surface area contributed by atoms with E-state index >= 15 is 0 Å². The average Bonchev–Trinajstić information content (AvgIpc) is 3.85. The van der Waals surface area contributed by atoms with Gasteiger partial charge < -0.3 is 13.4 Å². The second-order valence-corrected chi connectivity index (χ2v) is 12.6. The Kier molecular flexibility index (Phi) is 7.41. The fourth-order valence-electron chi connectivity index (χ4n) is 7.42. The third kappa shape index (κ3) is 4.78. The summed E-state index contributed by atoms with van der Waals surface area (Å²) in [5.74, 6) is 0. The molecule has 9 rings (SSSR count). The van der Waals surface area contributed by atoms with Gasteiger partial charge in [-0.1, -0.05) is 111 Å². The first-order chi connectivity index (χ1) is 25.6. The Bertz CT molecular complexity index is 2970. The number of nitrogens with zero attached hydrogens (tertiary/aromatic N) is 3. The molecule has 0 bridgehead atoms. The van der Waals surface area contributed by atoms with Crippen molar-refractivity contribution in [1.29, 1.82) is 0 Å². The lowest BCUT2D eigenvalue weighted by molar-refractivity contribution is 0.653. The molecule has 0 radical (unpaired) electrons. The SMILES string of the molecule is C=C/C=C(\C=C/C)n1c(C=C)c(C=C)c2cc(-c3ccc4oc5nc(-c6cccc7oc8ccccc8c67)c(-c6ccccc6)nc5c4c3)ccc21. The van der Waals surface area contributed by atoms with Crippen LogP contribution in [0.3, 0.4) is 0 Å². The zero-order valence-electron chi connectivity index (χ0n) is 28.6. The van der Waals surface area contributed by atoms with Gasteiger partial charge in [0.1, 0.15) is 28.0 Å². The molecule has 52 heavy (non-hydrogen) atoms. The zero-order valence-corrected chi connectivity index (χ0v) is 28.6. The predicted octanol–water partition coefficient (Wildman–Crippen LogP) is 13.1. The minimum atomic E-state index is 0.481. The van der Waals surface area contributed by atoms with Crippen molar-refractivity contribution in [3.8, 4) is 33.6 Å². The summed E-state index contributed by atoms with van der Waals surface area (Å²) in [5.41, 5.74) is 13.1. The van der Waals surface area contributed by atoms with E-state index in [9.17, 15) is 0 Å². The van der Waals surface area contributed by atoms with Gasteiger partial charge in [0, 0.05) is 43.9 Å². The molecule has 5 heteroatoms. The van der Waals surface area contributed by atoms with Gasteiger partial charge in [0.2, 0.25) is 5.71 Å². The van der Waals surface area contributed by atoms with Gasteiger partial charge in [0.15, 0.2) is 0 Å². The molecule has 0 amide bonds. The maximum atomic E-state index is 6.44. The van der Waals surface area contributed by atoms with Gasteiger partial charge >= 0.3 is 0 Å². The largest absolute Gasteiger partial charge is 0.456 e. The summed E-state index contributed by atoms with van der Waals surface area (Å²) in [5, 5.41) is 4.01. The Morgan fingerprint density at radius 3 is 2.19 bits per heavy atom. The van der Waals surface area contributed by atoms with E-state index < -0.39 is 0 Å². The number of benzene rings is 5. The lowest BCUT2D eigenvalue weighted by atomic mass is 9.99. The van der Waals surface area contributed by atoms with Gasteiger partial charge in [-0.2, -0.15) is 0 Å². The normalized spacial score (nSPS) is 12.2. The Balaban J connectivity index is 1.25. The van der Waals surface area contributed by atoms with E-state index in [4.69, 9.17) is 18.8 Å².